The Morgan fingerprint density at radius 3 is 1.95 bits per heavy atom. The highest BCUT2D eigenvalue weighted by molar-refractivity contribution is 5.76. The summed E-state index contributed by atoms with van der Waals surface area (Å²) in [4.78, 5) is 7.66. The number of rotatable bonds is 9. The topological polar surface area (TPSA) is 340 Å². The highest BCUT2D eigenvalue weighted by Crippen LogP contribution is 2.39. The fourth-order valence-electron chi connectivity index (χ4n) is 5.17. The Kier molecular flexibility index (Phi) is 10.5. The zero-order chi connectivity index (χ0) is 30.1. The Bertz CT molecular complexity index is 911. The molecule has 2 aliphatic heterocycles. The molecule has 1 aliphatic carbocycles. The molecule has 15 atom stereocenters. The zero-order valence-corrected chi connectivity index (χ0v) is 21.9. The van der Waals surface area contributed by atoms with Crippen LogP contribution in [0.1, 0.15) is 6.92 Å². The second-order valence-electron chi connectivity index (χ2n) is 10.0. The van der Waals surface area contributed by atoms with Crippen LogP contribution in [0.3, 0.4) is 0 Å². The summed E-state index contributed by atoms with van der Waals surface area (Å²) in [6.07, 6.45) is -16.9. The van der Waals surface area contributed by atoms with Crippen LogP contribution in [-0.2, 0) is 18.9 Å². The van der Waals surface area contributed by atoms with E-state index in [4.69, 9.17) is 41.9 Å². The molecule has 3 rings (SSSR count). The second kappa shape index (κ2) is 12.9. The first-order valence-corrected chi connectivity index (χ1v) is 12.5. The van der Waals surface area contributed by atoms with Gasteiger partial charge in [-0.3, -0.25) is 0 Å². The van der Waals surface area contributed by atoms with Gasteiger partial charge in [0.1, 0.15) is 66.5 Å². The molecule has 0 spiro atoms. The lowest BCUT2D eigenvalue weighted by molar-refractivity contribution is -0.317. The summed E-state index contributed by atoms with van der Waals surface area (Å²) in [5.41, 5.74) is 19.7. The van der Waals surface area contributed by atoms with Crippen molar-refractivity contribution < 1.29 is 59.8 Å². The van der Waals surface area contributed by atoms with Crippen LogP contribution >= 0.6 is 0 Å². The maximum absolute atomic E-state index is 11.3. The SMILES string of the molecule is CN[C@H]1[C@H](O[C@@H]2[C@H](O[C@@H]3[C@H](O)[C@@H](O)[C@H](N=C(N)N)[C@H](O)[C@@H]3N=C(N)N)O[C@@H](C)[C@]2(O)CO)O[C@@H](CO)[C@H](O)[C@H]1O. The summed E-state index contributed by atoms with van der Waals surface area (Å²) >= 11 is 0. The van der Waals surface area contributed by atoms with Crippen molar-refractivity contribution in [1.82, 2.24) is 5.32 Å². The molecule has 17 N–H and O–H groups in total. The number of guanidine groups is 2. The van der Waals surface area contributed by atoms with Gasteiger partial charge in [0.25, 0.3) is 0 Å². The Balaban J connectivity index is 1.96. The molecule has 0 bridgehead atoms. The molecule has 19 nitrogen and oxygen atoms in total. The fourth-order valence-corrected chi connectivity index (χ4v) is 5.17. The van der Waals surface area contributed by atoms with E-state index in [1.165, 1.54) is 14.0 Å². The van der Waals surface area contributed by atoms with Gasteiger partial charge in [-0.05, 0) is 14.0 Å². The van der Waals surface area contributed by atoms with Gasteiger partial charge < -0.3 is 88.1 Å². The lowest BCUT2D eigenvalue weighted by Crippen LogP contribution is -2.66. The summed E-state index contributed by atoms with van der Waals surface area (Å²) in [7, 11) is 1.44. The first-order chi connectivity index (χ1) is 18.7. The number of nitrogens with two attached hydrogens (primary N) is 4. The molecule has 19 heteroatoms. The number of nitrogens with one attached hydrogen (secondary N) is 1. The molecule has 3 aliphatic rings. The lowest BCUT2D eigenvalue weighted by Gasteiger charge is -2.45. The third-order valence-corrected chi connectivity index (χ3v) is 7.49. The van der Waals surface area contributed by atoms with Crippen LogP contribution in [0.25, 0.3) is 0 Å². The van der Waals surface area contributed by atoms with Gasteiger partial charge in [-0.15, -0.1) is 0 Å². The molecule has 0 unspecified atom stereocenters. The standard InChI is InChI=1S/C21H41N7O12/c1-5-21(36,4-30)16(40-17-9(26-2)13(34)10(31)6(3-29)38-17)18(37-5)39-15-8(28-20(24)25)11(32)7(27-19(22)23)12(33)14(15)35/h5-18,26,29-36H,3-4H2,1-2H3,(H4,22,23,27)(H4,24,25,28)/t5-,6-,7+,8-,9+,10-,11-,12-,13-,14+,15-,16+,17-,18-,21+/m0/s1. The van der Waals surface area contributed by atoms with Crippen molar-refractivity contribution in [2.75, 3.05) is 20.3 Å². The molecule has 0 aromatic heterocycles. The normalized spacial score (nSPS) is 47.5. The molecule has 2 saturated heterocycles. The van der Waals surface area contributed by atoms with E-state index in [0.29, 0.717) is 0 Å². The van der Waals surface area contributed by atoms with E-state index >= 15 is 0 Å². The van der Waals surface area contributed by atoms with Crippen LogP contribution in [0.4, 0.5) is 0 Å². The monoisotopic (exact) mass is 583 g/mol. The summed E-state index contributed by atoms with van der Waals surface area (Å²) in [6, 6.07) is -4.00. The van der Waals surface area contributed by atoms with Crippen molar-refractivity contribution in [3.8, 4) is 0 Å². The van der Waals surface area contributed by atoms with Crippen LogP contribution in [0.15, 0.2) is 9.98 Å². The van der Waals surface area contributed by atoms with E-state index in [-0.39, 0.29) is 0 Å². The third kappa shape index (κ3) is 6.11. The zero-order valence-electron chi connectivity index (χ0n) is 21.9. The Morgan fingerprint density at radius 1 is 0.825 bits per heavy atom. The summed E-state index contributed by atoms with van der Waals surface area (Å²) in [6.45, 7) is -0.199. The minimum atomic E-state index is -2.15. The van der Waals surface area contributed by atoms with Gasteiger partial charge >= 0.3 is 0 Å². The lowest BCUT2D eigenvalue weighted by atomic mass is 9.81. The van der Waals surface area contributed by atoms with Gasteiger partial charge in [0.2, 0.25) is 0 Å². The number of hydrogen-bond acceptors (Lipinski definition) is 15. The molecule has 1 saturated carbocycles. The Hall–Kier alpha value is -1.98. The number of aliphatic hydroxyl groups excluding tert-OH is 7. The molecule has 232 valence electrons. The number of likely N-dealkylation sites (N-methyl/N-ethyl adjacent to an activating group) is 1. The van der Waals surface area contributed by atoms with Crippen LogP contribution in [0, 0.1) is 0 Å². The van der Waals surface area contributed by atoms with Gasteiger partial charge in [0.15, 0.2) is 24.5 Å². The second-order valence-corrected chi connectivity index (χ2v) is 10.0. The maximum Gasteiger partial charge on any atom is 0.187 e. The van der Waals surface area contributed by atoms with Crippen LogP contribution in [0.2, 0.25) is 0 Å². The predicted octanol–water partition coefficient (Wildman–Crippen LogP) is -8.37. The van der Waals surface area contributed by atoms with Gasteiger partial charge in [0, 0.05) is 0 Å². The van der Waals surface area contributed by atoms with Crippen LogP contribution < -0.4 is 28.3 Å². The van der Waals surface area contributed by atoms with Crippen molar-refractivity contribution in [3.05, 3.63) is 0 Å². The molecular weight excluding hydrogens is 542 g/mol. The number of hydrogen-bond donors (Lipinski definition) is 13. The molecule has 40 heavy (non-hydrogen) atoms. The maximum atomic E-state index is 11.3. The largest absolute Gasteiger partial charge is 0.394 e. The van der Waals surface area contributed by atoms with E-state index in [1.54, 1.807) is 0 Å². The van der Waals surface area contributed by atoms with Gasteiger partial charge in [-0.1, -0.05) is 0 Å². The molecule has 0 amide bonds. The average Bonchev–Trinajstić information content (AvgIpc) is 3.13. The van der Waals surface area contributed by atoms with Crippen molar-refractivity contribution in [2.24, 2.45) is 32.9 Å². The van der Waals surface area contributed by atoms with Gasteiger partial charge in [0.05, 0.1) is 25.4 Å². The Labute approximate surface area is 229 Å². The molecule has 0 aromatic carbocycles. The first kappa shape index (κ1) is 32.5. The summed E-state index contributed by atoms with van der Waals surface area (Å²) < 4.78 is 23.2. The number of aliphatic imine (C=N–C) groups is 2. The summed E-state index contributed by atoms with van der Waals surface area (Å²) in [5, 5.41) is 87.0. The van der Waals surface area contributed by atoms with Crippen LogP contribution in [-0.4, -0.2) is 164 Å². The van der Waals surface area contributed by atoms with E-state index in [2.05, 4.69) is 15.3 Å². The minimum absolute atomic E-state index is 0.493. The molecule has 0 radical (unpaired) electrons. The van der Waals surface area contributed by atoms with Crippen molar-refractivity contribution >= 4 is 11.9 Å². The number of ether oxygens (including phenoxy) is 4. The fraction of sp³-hybridized carbons (Fsp3) is 0.905. The quantitative estimate of drug-likeness (QED) is 0.0884. The number of aliphatic hydroxyl groups is 8. The van der Waals surface area contributed by atoms with Gasteiger partial charge in [-0.2, -0.15) is 0 Å². The van der Waals surface area contributed by atoms with Gasteiger partial charge in [-0.25, -0.2) is 9.98 Å². The van der Waals surface area contributed by atoms with E-state index in [9.17, 15) is 40.9 Å². The highest BCUT2D eigenvalue weighted by Gasteiger charge is 2.60. The smallest absolute Gasteiger partial charge is 0.187 e. The molecule has 2 heterocycles. The van der Waals surface area contributed by atoms with E-state index in [0.717, 1.165) is 0 Å². The number of nitrogens with zero attached hydrogens (tertiary/aromatic N) is 2. The predicted molar refractivity (Wildman–Crippen MR) is 134 cm³/mol. The highest BCUT2D eigenvalue weighted by atomic mass is 16.8. The van der Waals surface area contributed by atoms with Crippen molar-refractivity contribution in [3.63, 3.8) is 0 Å². The minimum Gasteiger partial charge on any atom is -0.394 e. The van der Waals surface area contributed by atoms with Crippen molar-refractivity contribution in [1.29, 1.82) is 0 Å². The third-order valence-electron chi connectivity index (χ3n) is 7.49. The van der Waals surface area contributed by atoms with E-state index in [1.807, 2.05) is 0 Å². The molecule has 3 fully saturated rings. The summed E-state index contributed by atoms with van der Waals surface area (Å²) in [5.74, 6) is -1.01. The first-order valence-electron chi connectivity index (χ1n) is 12.5. The molecular formula is C21H41N7O12. The van der Waals surface area contributed by atoms with E-state index < -0.39 is 116 Å². The van der Waals surface area contributed by atoms with Crippen molar-refractivity contribution in [2.45, 2.75) is 98.2 Å². The average molecular weight is 584 g/mol. The van der Waals surface area contributed by atoms with Crippen LogP contribution in [0.5, 0.6) is 0 Å². The Morgan fingerprint density at radius 2 is 1.43 bits per heavy atom. The molecule has 0 aromatic rings.